The summed E-state index contributed by atoms with van der Waals surface area (Å²) in [6, 6.07) is 14.7. The average molecular weight is 529 g/mol. The number of piperidine rings is 1. The number of nitrogens with zero attached hydrogens (tertiary/aromatic N) is 1. The molecule has 1 unspecified atom stereocenters. The van der Waals surface area contributed by atoms with E-state index < -0.39 is 11.5 Å². The minimum absolute atomic E-state index is 0.0107. The molecule has 3 rings (SSSR count). The summed E-state index contributed by atoms with van der Waals surface area (Å²) in [4.78, 5) is 29.9. The molecule has 1 saturated heterocycles. The van der Waals surface area contributed by atoms with Gasteiger partial charge in [0.25, 0.3) is 0 Å². The maximum atomic E-state index is 14.3. The zero-order chi connectivity index (χ0) is 26.7. The SMILES string of the molecule is C=CC[C@@]1(C)C[C@H](c2cccc(Cl)c2)[C@@H](c2ccc(Cl)cc2)N(C(CC)C(=O)CCC(C)(C)C)C1=O. The summed E-state index contributed by atoms with van der Waals surface area (Å²) < 4.78 is 0. The topological polar surface area (TPSA) is 37.4 Å². The second-order valence-electron chi connectivity index (χ2n) is 11.6. The summed E-state index contributed by atoms with van der Waals surface area (Å²) in [7, 11) is 0. The molecule has 1 amide bonds. The van der Waals surface area contributed by atoms with Crippen LogP contribution in [-0.2, 0) is 9.59 Å². The van der Waals surface area contributed by atoms with E-state index in [0.717, 1.165) is 17.5 Å². The van der Waals surface area contributed by atoms with Crippen LogP contribution < -0.4 is 0 Å². The zero-order valence-corrected chi connectivity index (χ0v) is 23.7. The fourth-order valence-electron chi connectivity index (χ4n) is 5.48. The van der Waals surface area contributed by atoms with Crippen LogP contribution in [0.3, 0.4) is 0 Å². The fourth-order valence-corrected chi connectivity index (χ4v) is 5.80. The number of Topliss-reactive ketones (excluding diaryl/α,β-unsaturated/α-hetero) is 1. The van der Waals surface area contributed by atoms with Gasteiger partial charge in [-0.2, -0.15) is 0 Å². The first-order chi connectivity index (χ1) is 16.9. The second-order valence-corrected chi connectivity index (χ2v) is 12.5. The van der Waals surface area contributed by atoms with Gasteiger partial charge in [0, 0.05) is 22.4 Å². The van der Waals surface area contributed by atoms with E-state index in [-0.39, 0.29) is 29.1 Å². The van der Waals surface area contributed by atoms with E-state index in [1.165, 1.54) is 0 Å². The predicted molar refractivity (Wildman–Crippen MR) is 151 cm³/mol. The van der Waals surface area contributed by atoms with Gasteiger partial charge in [-0.05, 0) is 66.5 Å². The van der Waals surface area contributed by atoms with Crippen LogP contribution in [0.25, 0.3) is 0 Å². The number of allylic oxidation sites excluding steroid dienone is 1. The number of likely N-dealkylation sites (tertiary alicyclic amines) is 1. The number of halogens is 2. The van der Waals surface area contributed by atoms with Gasteiger partial charge in [-0.15, -0.1) is 6.58 Å². The van der Waals surface area contributed by atoms with Crippen molar-refractivity contribution in [1.29, 1.82) is 0 Å². The van der Waals surface area contributed by atoms with Crippen molar-refractivity contribution in [3.8, 4) is 0 Å². The Bertz CT molecular complexity index is 1090. The van der Waals surface area contributed by atoms with Crippen molar-refractivity contribution in [3.05, 3.63) is 82.4 Å². The molecule has 0 bridgehead atoms. The molecule has 0 aliphatic carbocycles. The number of ketones is 1. The van der Waals surface area contributed by atoms with E-state index in [4.69, 9.17) is 23.2 Å². The molecule has 0 saturated carbocycles. The average Bonchev–Trinajstić information content (AvgIpc) is 2.81. The number of amides is 1. The van der Waals surface area contributed by atoms with Crippen molar-refractivity contribution < 1.29 is 9.59 Å². The standard InChI is InChI=1S/C31H39Cl2NO2/c1-7-17-31(6)20-25(22-10-9-11-24(33)19-22)28(21-12-14-23(32)15-13-21)34(29(31)36)26(8-2)27(35)16-18-30(3,4)5/h7,9-15,19,25-26,28H,1,8,16-18,20H2,2-6H3/t25-,26?,28-,31+/m1/s1. The summed E-state index contributed by atoms with van der Waals surface area (Å²) in [6.07, 6.45) is 4.77. The molecule has 5 heteroatoms. The Labute approximate surface area is 226 Å². The summed E-state index contributed by atoms with van der Waals surface area (Å²) in [5.74, 6) is 0.0843. The van der Waals surface area contributed by atoms with Gasteiger partial charge in [-0.3, -0.25) is 9.59 Å². The fraction of sp³-hybridized carbons (Fsp3) is 0.484. The monoisotopic (exact) mass is 527 g/mol. The van der Waals surface area contributed by atoms with Gasteiger partial charge in [0.2, 0.25) is 5.91 Å². The molecular formula is C31H39Cl2NO2. The molecule has 0 aromatic heterocycles. The molecule has 1 heterocycles. The summed E-state index contributed by atoms with van der Waals surface area (Å²) >= 11 is 12.7. The van der Waals surface area contributed by atoms with E-state index in [2.05, 4.69) is 33.4 Å². The Hall–Kier alpha value is -2.10. The van der Waals surface area contributed by atoms with Gasteiger partial charge < -0.3 is 4.90 Å². The Kier molecular flexibility index (Phi) is 9.11. The minimum Gasteiger partial charge on any atom is -0.325 e. The molecule has 0 spiro atoms. The van der Waals surface area contributed by atoms with Crippen LogP contribution in [0.2, 0.25) is 10.0 Å². The molecule has 2 aromatic carbocycles. The van der Waals surface area contributed by atoms with Crippen molar-refractivity contribution >= 4 is 34.9 Å². The van der Waals surface area contributed by atoms with Gasteiger partial charge in [0.1, 0.15) is 0 Å². The van der Waals surface area contributed by atoms with Crippen LogP contribution in [0.5, 0.6) is 0 Å². The van der Waals surface area contributed by atoms with E-state index in [9.17, 15) is 9.59 Å². The predicted octanol–water partition coefficient (Wildman–Crippen LogP) is 8.81. The van der Waals surface area contributed by atoms with E-state index in [0.29, 0.717) is 35.7 Å². The van der Waals surface area contributed by atoms with Crippen LogP contribution in [-0.4, -0.2) is 22.6 Å². The summed E-state index contributed by atoms with van der Waals surface area (Å²) in [5.41, 5.74) is 1.40. The zero-order valence-electron chi connectivity index (χ0n) is 22.2. The van der Waals surface area contributed by atoms with Gasteiger partial charge >= 0.3 is 0 Å². The lowest BCUT2D eigenvalue weighted by Crippen LogP contribution is -2.57. The molecule has 4 atom stereocenters. The van der Waals surface area contributed by atoms with E-state index in [1.54, 1.807) is 0 Å². The number of hydrogen-bond acceptors (Lipinski definition) is 2. The molecule has 0 radical (unpaired) electrons. The van der Waals surface area contributed by atoms with Crippen LogP contribution in [0, 0.1) is 10.8 Å². The first-order valence-electron chi connectivity index (χ1n) is 12.9. The van der Waals surface area contributed by atoms with Crippen molar-refractivity contribution in [2.75, 3.05) is 0 Å². The van der Waals surface area contributed by atoms with Crippen molar-refractivity contribution in [2.24, 2.45) is 10.8 Å². The van der Waals surface area contributed by atoms with Crippen molar-refractivity contribution in [2.45, 2.75) is 84.7 Å². The Balaban J connectivity index is 2.19. The molecular weight excluding hydrogens is 489 g/mol. The highest BCUT2D eigenvalue weighted by atomic mass is 35.5. The largest absolute Gasteiger partial charge is 0.325 e. The molecule has 1 fully saturated rings. The molecule has 36 heavy (non-hydrogen) atoms. The lowest BCUT2D eigenvalue weighted by atomic mass is 9.66. The number of carbonyl (C=O) groups is 2. The molecule has 2 aromatic rings. The van der Waals surface area contributed by atoms with Gasteiger partial charge in [-0.1, -0.05) is 88.2 Å². The lowest BCUT2D eigenvalue weighted by Gasteiger charge is -2.51. The van der Waals surface area contributed by atoms with Gasteiger partial charge in [-0.25, -0.2) is 0 Å². The van der Waals surface area contributed by atoms with Gasteiger partial charge in [0.05, 0.1) is 17.5 Å². The number of rotatable bonds is 9. The van der Waals surface area contributed by atoms with Crippen LogP contribution >= 0.6 is 23.2 Å². The van der Waals surface area contributed by atoms with E-state index in [1.807, 2.05) is 67.3 Å². The Morgan fingerprint density at radius 2 is 1.81 bits per heavy atom. The highest BCUT2D eigenvalue weighted by molar-refractivity contribution is 6.30. The van der Waals surface area contributed by atoms with Crippen molar-refractivity contribution in [3.63, 3.8) is 0 Å². The Morgan fingerprint density at radius 3 is 2.36 bits per heavy atom. The second kappa shape index (κ2) is 11.5. The van der Waals surface area contributed by atoms with Gasteiger partial charge in [0.15, 0.2) is 5.78 Å². The third-order valence-electron chi connectivity index (χ3n) is 7.40. The van der Waals surface area contributed by atoms with E-state index >= 15 is 0 Å². The number of carbonyl (C=O) groups excluding carboxylic acids is 2. The lowest BCUT2D eigenvalue weighted by molar-refractivity contribution is -0.158. The van der Waals surface area contributed by atoms with Crippen LogP contribution in [0.15, 0.2) is 61.2 Å². The normalized spacial score (nSPS) is 23.4. The number of benzene rings is 2. The third-order valence-corrected chi connectivity index (χ3v) is 7.89. The number of hydrogen-bond donors (Lipinski definition) is 0. The highest BCUT2D eigenvalue weighted by Crippen LogP contribution is 2.52. The summed E-state index contributed by atoms with van der Waals surface area (Å²) in [6.45, 7) is 14.4. The van der Waals surface area contributed by atoms with Crippen molar-refractivity contribution in [1.82, 2.24) is 4.90 Å². The molecule has 1 aliphatic heterocycles. The maximum absolute atomic E-state index is 14.3. The summed E-state index contributed by atoms with van der Waals surface area (Å²) in [5, 5.41) is 1.29. The Morgan fingerprint density at radius 1 is 1.14 bits per heavy atom. The molecule has 1 aliphatic rings. The maximum Gasteiger partial charge on any atom is 0.229 e. The first-order valence-corrected chi connectivity index (χ1v) is 13.6. The minimum atomic E-state index is -0.671. The molecule has 0 N–H and O–H groups in total. The highest BCUT2D eigenvalue weighted by Gasteiger charge is 2.51. The third kappa shape index (κ3) is 6.42. The quantitative estimate of drug-likeness (QED) is 0.305. The van der Waals surface area contributed by atoms with Crippen LogP contribution in [0.4, 0.5) is 0 Å². The van der Waals surface area contributed by atoms with Crippen LogP contribution in [0.1, 0.15) is 89.8 Å². The first kappa shape index (κ1) is 28.5. The molecule has 3 nitrogen and oxygen atoms in total. The molecule has 194 valence electrons. The smallest absolute Gasteiger partial charge is 0.229 e.